The molecule has 0 saturated carbocycles. The zero-order valence-electron chi connectivity index (χ0n) is 17.9. The number of rotatable bonds is 6. The maximum Gasteiger partial charge on any atom is 0.330 e. The molecule has 0 saturated heterocycles. The molecule has 0 radical (unpaired) electrons. The van der Waals surface area contributed by atoms with Crippen molar-refractivity contribution in [2.45, 2.75) is 33.6 Å². The minimum atomic E-state index is -0.385. The Bertz CT molecular complexity index is 1110. The van der Waals surface area contributed by atoms with Gasteiger partial charge in [-0.2, -0.15) is 5.10 Å². The fourth-order valence-corrected chi connectivity index (χ4v) is 3.17. The minimum Gasteiger partial charge on any atom is -0.463 e. The first kappa shape index (κ1) is 21.2. The molecule has 0 atom stereocenters. The van der Waals surface area contributed by atoms with Crippen molar-refractivity contribution in [2.24, 2.45) is 7.05 Å². The summed E-state index contributed by atoms with van der Waals surface area (Å²) >= 11 is 0. The average molecular weight is 406 g/mol. The van der Waals surface area contributed by atoms with Gasteiger partial charge in [0.25, 0.3) is 5.91 Å². The highest BCUT2D eigenvalue weighted by Crippen LogP contribution is 2.25. The van der Waals surface area contributed by atoms with Crippen LogP contribution in [0.15, 0.2) is 36.4 Å². The second-order valence-corrected chi connectivity index (χ2v) is 7.32. The molecule has 3 rings (SSSR count). The Balaban J connectivity index is 1.86. The second-order valence-electron chi connectivity index (χ2n) is 7.32. The molecule has 0 fully saturated rings. The highest BCUT2D eigenvalue weighted by Gasteiger charge is 2.19. The zero-order chi connectivity index (χ0) is 21.8. The summed E-state index contributed by atoms with van der Waals surface area (Å²) in [6.07, 6.45) is 3.05. The van der Waals surface area contributed by atoms with Crippen LogP contribution in [0.3, 0.4) is 0 Å². The highest BCUT2D eigenvalue weighted by molar-refractivity contribution is 6.12. The number of aromatic nitrogens is 3. The van der Waals surface area contributed by atoms with Crippen molar-refractivity contribution in [2.75, 3.05) is 11.9 Å². The van der Waals surface area contributed by atoms with Crippen LogP contribution in [0.1, 0.15) is 54.0 Å². The molecule has 2 heterocycles. The molecule has 0 spiro atoms. The van der Waals surface area contributed by atoms with E-state index in [2.05, 4.69) is 15.4 Å². The third-order valence-corrected chi connectivity index (χ3v) is 4.69. The summed E-state index contributed by atoms with van der Waals surface area (Å²) in [6, 6.07) is 9.07. The van der Waals surface area contributed by atoms with Gasteiger partial charge >= 0.3 is 5.97 Å². The van der Waals surface area contributed by atoms with Crippen LogP contribution in [0.4, 0.5) is 5.69 Å². The largest absolute Gasteiger partial charge is 0.463 e. The average Bonchev–Trinajstić information content (AvgIpc) is 3.00. The van der Waals surface area contributed by atoms with Gasteiger partial charge in [0.15, 0.2) is 5.65 Å². The van der Waals surface area contributed by atoms with Crippen LogP contribution >= 0.6 is 0 Å². The molecule has 0 aliphatic heterocycles. The molecule has 7 nitrogen and oxygen atoms in total. The Morgan fingerprint density at radius 1 is 1.23 bits per heavy atom. The van der Waals surface area contributed by atoms with Gasteiger partial charge in [-0.25, -0.2) is 9.78 Å². The van der Waals surface area contributed by atoms with Gasteiger partial charge in [0, 0.05) is 24.5 Å². The van der Waals surface area contributed by atoms with Gasteiger partial charge in [0.1, 0.15) is 0 Å². The number of esters is 1. The highest BCUT2D eigenvalue weighted by atomic mass is 16.5. The van der Waals surface area contributed by atoms with Gasteiger partial charge in [0.2, 0.25) is 0 Å². The molecule has 156 valence electrons. The molecule has 2 aromatic heterocycles. The molecule has 1 aromatic carbocycles. The van der Waals surface area contributed by atoms with E-state index in [9.17, 15) is 9.59 Å². The number of amides is 1. The summed E-state index contributed by atoms with van der Waals surface area (Å²) in [5, 5.41) is 8.13. The molecule has 30 heavy (non-hydrogen) atoms. The molecule has 0 aliphatic carbocycles. The summed E-state index contributed by atoms with van der Waals surface area (Å²) in [5.41, 5.74) is 4.35. The SMILES string of the molecule is CCOC(=O)/C=C/c1ccc(NC(=O)c2cc(C(C)C)nc3c2c(C)nn3C)cc1. The maximum absolute atomic E-state index is 13.1. The molecule has 0 bridgehead atoms. The predicted molar refractivity (Wildman–Crippen MR) is 117 cm³/mol. The molecule has 1 N–H and O–H groups in total. The van der Waals surface area contributed by atoms with Gasteiger partial charge < -0.3 is 10.1 Å². The second kappa shape index (κ2) is 8.90. The number of anilines is 1. The van der Waals surface area contributed by atoms with Crippen molar-refractivity contribution in [3.05, 3.63) is 58.9 Å². The van der Waals surface area contributed by atoms with Crippen molar-refractivity contribution in [1.82, 2.24) is 14.8 Å². The predicted octanol–water partition coefficient (Wildman–Crippen LogP) is 4.23. The number of pyridine rings is 1. The lowest BCUT2D eigenvalue weighted by molar-refractivity contribution is -0.137. The third kappa shape index (κ3) is 4.56. The Kier molecular flexibility index (Phi) is 6.30. The van der Waals surface area contributed by atoms with Gasteiger partial charge in [-0.1, -0.05) is 26.0 Å². The lowest BCUT2D eigenvalue weighted by Gasteiger charge is -2.11. The molecule has 7 heteroatoms. The Hall–Kier alpha value is -3.48. The fourth-order valence-electron chi connectivity index (χ4n) is 3.17. The third-order valence-electron chi connectivity index (χ3n) is 4.69. The van der Waals surface area contributed by atoms with E-state index in [-0.39, 0.29) is 17.8 Å². The molecular weight excluding hydrogens is 380 g/mol. The summed E-state index contributed by atoms with van der Waals surface area (Å²) in [4.78, 5) is 29.2. The van der Waals surface area contributed by atoms with Crippen molar-refractivity contribution >= 4 is 34.7 Å². The first-order chi connectivity index (χ1) is 14.3. The number of nitrogens with zero attached hydrogens (tertiary/aromatic N) is 3. The van der Waals surface area contributed by atoms with Gasteiger partial charge in [-0.05, 0) is 49.6 Å². The van der Waals surface area contributed by atoms with Crippen LogP contribution in [-0.4, -0.2) is 33.2 Å². The van der Waals surface area contributed by atoms with Crippen molar-refractivity contribution < 1.29 is 14.3 Å². The van der Waals surface area contributed by atoms with Gasteiger partial charge in [-0.3, -0.25) is 9.48 Å². The molecular formula is C23H26N4O3. The standard InChI is InChI=1S/C23H26N4O3/c1-6-30-20(28)12-9-16-7-10-17(11-8-16)24-23(29)18-13-19(14(2)3)25-22-21(18)15(4)26-27(22)5/h7-14H,6H2,1-5H3,(H,24,29)/b12-9+. The zero-order valence-corrected chi connectivity index (χ0v) is 17.9. The van der Waals surface area contributed by atoms with E-state index in [4.69, 9.17) is 4.74 Å². The fraction of sp³-hybridized carbons (Fsp3) is 0.304. The van der Waals surface area contributed by atoms with E-state index < -0.39 is 0 Å². The number of carbonyl (C=O) groups excluding carboxylic acids is 2. The molecule has 3 aromatic rings. The molecule has 0 aliphatic rings. The van der Waals surface area contributed by atoms with Crippen molar-refractivity contribution in [3.63, 3.8) is 0 Å². The van der Waals surface area contributed by atoms with Crippen LogP contribution in [0.2, 0.25) is 0 Å². The number of aryl methyl sites for hydroxylation is 2. The van der Waals surface area contributed by atoms with E-state index in [0.29, 0.717) is 23.5 Å². The van der Waals surface area contributed by atoms with Crippen LogP contribution in [0.5, 0.6) is 0 Å². The quantitative estimate of drug-likeness (QED) is 0.489. The lowest BCUT2D eigenvalue weighted by atomic mass is 10.0. The van der Waals surface area contributed by atoms with Gasteiger partial charge in [-0.15, -0.1) is 0 Å². The number of ether oxygens (including phenoxy) is 1. The Morgan fingerprint density at radius 2 is 1.93 bits per heavy atom. The first-order valence-electron chi connectivity index (χ1n) is 9.90. The number of nitrogens with one attached hydrogen (secondary N) is 1. The normalized spacial score (nSPS) is 11.4. The van der Waals surface area contributed by atoms with E-state index in [1.807, 2.05) is 46.0 Å². The number of benzene rings is 1. The van der Waals surface area contributed by atoms with Crippen LogP contribution < -0.4 is 5.32 Å². The minimum absolute atomic E-state index is 0.182. The van der Waals surface area contributed by atoms with E-state index in [1.165, 1.54) is 6.08 Å². The number of carbonyl (C=O) groups is 2. The number of hydrogen-bond acceptors (Lipinski definition) is 5. The smallest absolute Gasteiger partial charge is 0.330 e. The van der Waals surface area contributed by atoms with Crippen LogP contribution in [0, 0.1) is 6.92 Å². The Morgan fingerprint density at radius 3 is 2.57 bits per heavy atom. The first-order valence-corrected chi connectivity index (χ1v) is 9.90. The van der Waals surface area contributed by atoms with Crippen molar-refractivity contribution in [3.8, 4) is 0 Å². The molecule has 0 unspecified atom stereocenters. The van der Waals surface area contributed by atoms with E-state index in [0.717, 1.165) is 22.3 Å². The van der Waals surface area contributed by atoms with Crippen molar-refractivity contribution in [1.29, 1.82) is 0 Å². The maximum atomic E-state index is 13.1. The molecule has 1 amide bonds. The van der Waals surface area contributed by atoms with Gasteiger partial charge in [0.05, 0.1) is 23.3 Å². The summed E-state index contributed by atoms with van der Waals surface area (Å²) in [7, 11) is 1.83. The lowest BCUT2D eigenvalue weighted by Crippen LogP contribution is -2.14. The number of hydrogen-bond donors (Lipinski definition) is 1. The summed E-state index contributed by atoms with van der Waals surface area (Å²) in [5.74, 6) is -0.416. The van der Waals surface area contributed by atoms with E-state index in [1.54, 1.807) is 29.8 Å². The Labute approximate surface area is 175 Å². The summed E-state index contributed by atoms with van der Waals surface area (Å²) in [6.45, 7) is 8.06. The topological polar surface area (TPSA) is 86.1 Å². The number of fused-ring (bicyclic) bond motifs is 1. The van der Waals surface area contributed by atoms with Crippen LogP contribution in [-0.2, 0) is 16.6 Å². The summed E-state index contributed by atoms with van der Waals surface area (Å²) < 4.78 is 6.57. The van der Waals surface area contributed by atoms with E-state index >= 15 is 0 Å². The van der Waals surface area contributed by atoms with Crippen LogP contribution in [0.25, 0.3) is 17.1 Å². The monoisotopic (exact) mass is 406 g/mol.